The van der Waals surface area contributed by atoms with E-state index in [-0.39, 0.29) is 11.9 Å². The molecule has 2 aromatic heterocycles. The molecule has 29 heavy (non-hydrogen) atoms. The number of piperidine rings is 1. The van der Waals surface area contributed by atoms with Gasteiger partial charge in [0.05, 0.1) is 6.61 Å². The molecule has 0 radical (unpaired) electrons. The zero-order valence-electron chi connectivity index (χ0n) is 17.5. The lowest BCUT2D eigenvalue weighted by Gasteiger charge is -2.35. The highest BCUT2D eigenvalue weighted by Crippen LogP contribution is 2.47. The summed E-state index contributed by atoms with van der Waals surface area (Å²) in [6.45, 7) is 8.08. The first-order valence-electron chi connectivity index (χ1n) is 10.6. The van der Waals surface area contributed by atoms with Crippen LogP contribution in [0.2, 0.25) is 0 Å². The fourth-order valence-corrected chi connectivity index (χ4v) is 4.10. The Kier molecular flexibility index (Phi) is 5.69. The summed E-state index contributed by atoms with van der Waals surface area (Å²) >= 11 is 0. The average molecular weight is 395 g/mol. The van der Waals surface area contributed by atoms with Gasteiger partial charge in [0.15, 0.2) is 11.4 Å². The van der Waals surface area contributed by atoms with E-state index in [2.05, 4.69) is 22.2 Å². The third-order valence-electron chi connectivity index (χ3n) is 5.87. The third kappa shape index (κ3) is 4.52. The lowest BCUT2D eigenvalue weighted by atomic mass is 10.0. The average Bonchev–Trinajstić information content (AvgIpc) is 3.49. The van der Waals surface area contributed by atoms with Crippen LogP contribution in [-0.4, -0.2) is 46.5 Å². The van der Waals surface area contributed by atoms with Crippen LogP contribution in [0.5, 0.6) is 5.75 Å². The van der Waals surface area contributed by atoms with Crippen molar-refractivity contribution in [2.75, 3.05) is 25.0 Å². The van der Waals surface area contributed by atoms with Crippen molar-refractivity contribution < 1.29 is 9.53 Å². The van der Waals surface area contributed by atoms with Crippen LogP contribution in [0.15, 0.2) is 30.5 Å². The Morgan fingerprint density at radius 2 is 2.07 bits per heavy atom. The molecule has 1 aliphatic heterocycles. The molecule has 1 saturated heterocycles. The number of hydrogen-bond acceptors (Lipinski definition) is 5. The maximum Gasteiger partial charge on any atom is 0.276 e. The quantitative estimate of drug-likeness (QED) is 0.773. The topological polar surface area (TPSA) is 67.3 Å². The SMILES string of the molecule is CCCOc1ccc(C)nc1C(=O)N1CC2CC2CC1CNc1ccc(C)cn1. The zero-order chi connectivity index (χ0) is 20.4. The van der Waals surface area contributed by atoms with Gasteiger partial charge in [0.1, 0.15) is 5.82 Å². The molecule has 6 heteroatoms. The number of hydrogen-bond donors (Lipinski definition) is 1. The maximum atomic E-state index is 13.5. The van der Waals surface area contributed by atoms with Crippen LogP contribution in [0.3, 0.4) is 0 Å². The lowest BCUT2D eigenvalue weighted by molar-refractivity contribution is 0.0605. The van der Waals surface area contributed by atoms with Gasteiger partial charge in [-0.25, -0.2) is 9.97 Å². The third-order valence-corrected chi connectivity index (χ3v) is 5.87. The fourth-order valence-electron chi connectivity index (χ4n) is 4.10. The molecule has 2 aromatic rings. The summed E-state index contributed by atoms with van der Waals surface area (Å²) in [4.78, 5) is 24.5. The van der Waals surface area contributed by atoms with E-state index < -0.39 is 0 Å². The van der Waals surface area contributed by atoms with Crippen molar-refractivity contribution in [3.8, 4) is 5.75 Å². The van der Waals surface area contributed by atoms with Crippen molar-refractivity contribution in [2.24, 2.45) is 11.8 Å². The van der Waals surface area contributed by atoms with Crippen LogP contribution >= 0.6 is 0 Å². The van der Waals surface area contributed by atoms with Crippen molar-refractivity contribution in [1.82, 2.24) is 14.9 Å². The molecule has 0 bridgehead atoms. The smallest absolute Gasteiger partial charge is 0.276 e. The summed E-state index contributed by atoms with van der Waals surface area (Å²) in [7, 11) is 0. The number of anilines is 1. The number of carbonyl (C=O) groups excluding carboxylic acids is 1. The molecule has 0 aromatic carbocycles. The van der Waals surface area contributed by atoms with E-state index in [1.54, 1.807) is 0 Å². The second-order valence-electron chi connectivity index (χ2n) is 8.35. The first-order chi connectivity index (χ1) is 14.0. The summed E-state index contributed by atoms with van der Waals surface area (Å²) in [5.41, 5.74) is 2.41. The molecule has 154 valence electrons. The van der Waals surface area contributed by atoms with E-state index in [0.29, 0.717) is 30.5 Å². The standard InChI is InChI=1S/C23H30N4O2/c1-4-9-29-20-7-6-16(3)26-22(20)23(28)27-14-18-10-17(18)11-19(27)13-25-21-8-5-15(2)12-24-21/h5-8,12,17-19H,4,9-11,13-14H2,1-3H3,(H,24,25). The molecule has 3 unspecified atom stereocenters. The second-order valence-corrected chi connectivity index (χ2v) is 8.35. The largest absolute Gasteiger partial charge is 0.491 e. The molecule has 3 atom stereocenters. The Labute approximate surface area is 172 Å². The molecule has 1 amide bonds. The van der Waals surface area contributed by atoms with Gasteiger partial charge in [0, 0.05) is 31.0 Å². The monoisotopic (exact) mass is 394 g/mol. The molecule has 1 saturated carbocycles. The summed E-state index contributed by atoms with van der Waals surface area (Å²) < 4.78 is 5.83. The van der Waals surface area contributed by atoms with Crippen molar-refractivity contribution >= 4 is 11.7 Å². The van der Waals surface area contributed by atoms with Gasteiger partial charge in [-0.3, -0.25) is 4.79 Å². The Hall–Kier alpha value is -2.63. The number of aryl methyl sites for hydroxylation is 2. The van der Waals surface area contributed by atoms with Gasteiger partial charge in [0.2, 0.25) is 0 Å². The molecule has 1 aliphatic carbocycles. The lowest BCUT2D eigenvalue weighted by Crippen LogP contribution is -2.48. The van der Waals surface area contributed by atoms with Gasteiger partial charge in [-0.05, 0) is 68.7 Å². The molecular formula is C23H30N4O2. The van der Waals surface area contributed by atoms with Gasteiger partial charge in [-0.2, -0.15) is 0 Å². The van der Waals surface area contributed by atoms with Crippen molar-refractivity contribution in [3.63, 3.8) is 0 Å². The van der Waals surface area contributed by atoms with Crippen LogP contribution in [0, 0.1) is 25.7 Å². The molecular weight excluding hydrogens is 364 g/mol. The number of amides is 1. The van der Waals surface area contributed by atoms with Gasteiger partial charge in [-0.15, -0.1) is 0 Å². The number of fused-ring (bicyclic) bond motifs is 1. The summed E-state index contributed by atoms with van der Waals surface area (Å²) in [6.07, 6.45) is 5.01. The van der Waals surface area contributed by atoms with E-state index in [4.69, 9.17) is 4.74 Å². The number of ether oxygens (including phenoxy) is 1. The summed E-state index contributed by atoms with van der Waals surface area (Å²) in [5.74, 6) is 2.80. The van der Waals surface area contributed by atoms with E-state index in [1.165, 1.54) is 6.42 Å². The highest BCUT2D eigenvalue weighted by atomic mass is 16.5. The number of rotatable bonds is 7. The number of carbonyl (C=O) groups is 1. The summed E-state index contributed by atoms with van der Waals surface area (Å²) in [6, 6.07) is 7.94. The highest BCUT2D eigenvalue weighted by molar-refractivity contribution is 5.95. The molecule has 1 N–H and O–H groups in total. The molecule has 3 heterocycles. The van der Waals surface area contributed by atoms with Gasteiger partial charge < -0.3 is 15.0 Å². The van der Waals surface area contributed by atoms with Crippen molar-refractivity contribution in [2.45, 2.75) is 46.1 Å². The number of nitrogens with one attached hydrogen (secondary N) is 1. The first kappa shape index (κ1) is 19.7. The van der Waals surface area contributed by atoms with Crippen LogP contribution in [-0.2, 0) is 0 Å². The Morgan fingerprint density at radius 1 is 1.21 bits per heavy atom. The fraction of sp³-hybridized carbons (Fsp3) is 0.522. The number of pyridine rings is 2. The van der Waals surface area contributed by atoms with E-state index in [9.17, 15) is 4.79 Å². The van der Waals surface area contributed by atoms with Gasteiger partial charge in [-0.1, -0.05) is 13.0 Å². The molecule has 6 nitrogen and oxygen atoms in total. The number of aromatic nitrogens is 2. The molecule has 4 rings (SSSR count). The Morgan fingerprint density at radius 3 is 2.83 bits per heavy atom. The maximum absolute atomic E-state index is 13.5. The van der Waals surface area contributed by atoms with Gasteiger partial charge in [0.25, 0.3) is 5.91 Å². The zero-order valence-corrected chi connectivity index (χ0v) is 17.5. The molecule has 2 fully saturated rings. The molecule has 0 spiro atoms. The Bertz CT molecular complexity index is 868. The second kappa shape index (κ2) is 8.39. The number of nitrogens with zero attached hydrogens (tertiary/aromatic N) is 3. The minimum absolute atomic E-state index is 0.0196. The minimum atomic E-state index is -0.0196. The van der Waals surface area contributed by atoms with Crippen LogP contribution in [0.25, 0.3) is 0 Å². The Balaban J connectivity index is 1.52. The van der Waals surface area contributed by atoms with E-state index >= 15 is 0 Å². The first-order valence-corrected chi connectivity index (χ1v) is 10.6. The highest BCUT2D eigenvalue weighted by Gasteiger charge is 2.47. The van der Waals surface area contributed by atoms with E-state index in [1.807, 2.05) is 49.2 Å². The van der Waals surface area contributed by atoms with Crippen LogP contribution in [0.4, 0.5) is 5.82 Å². The normalized spacial score (nSPS) is 22.7. The van der Waals surface area contributed by atoms with Crippen LogP contribution < -0.4 is 10.1 Å². The van der Waals surface area contributed by atoms with Gasteiger partial charge >= 0.3 is 0 Å². The predicted molar refractivity (Wildman–Crippen MR) is 113 cm³/mol. The van der Waals surface area contributed by atoms with Crippen molar-refractivity contribution in [1.29, 1.82) is 0 Å². The minimum Gasteiger partial charge on any atom is -0.491 e. The van der Waals surface area contributed by atoms with E-state index in [0.717, 1.165) is 42.4 Å². The van der Waals surface area contributed by atoms with Crippen LogP contribution in [0.1, 0.15) is 47.9 Å². The molecule has 2 aliphatic rings. The summed E-state index contributed by atoms with van der Waals surface area (Å²) in [5, 5.41) is 3.42. The van der Waals surface area contributed by atoms with Crippen molar-refractivity contribution in [3.05, 3.63) is 47.4 Å². The predicted octanol–water partition coefficient (Wildman–Crippen LogP) is 3.84. The number of likely N-dealkylation sites (tertiary alicyclic amines) is 1.